The molecule has 1 saturated heterocycles. The van der Waals surface area contributed by atoms with E-state index >= 15 is 0 Å². The second-order valence-electron chi connectivity index (χ2n) is 5.19. The molecule has 1 heterocycles. The van der Waals surface area contributed by atoms with Crippen LogP contribution in [0, 0.1) is 0 Å². The summed E-state index contributed by atoms with van der Waals surface area (Å²) in [7, 11) is 1.60. The number of amides is 1. The zero-order chi connectivity index (χ0) is 18.4. The average Bonchev–Trinajstić information content (AvgIpc) is 3.02. The molecule has 1 aromatic carbocycles. The third kappa shape index (κ3) is 5.32. The Morgan fingerprint density at radius 3 is 2.72 bits per heavy atom. The van der Waals surface area contributed by atoms with Crippen LogP contribution < -0.4 is 4.74 Å². The number of aliphatic carboxylic acids is 1. The molecule has 136 valence electrons. The molecule has 25 heavy (non-hydrogen) atoms. The third-order valence-electron chi connectivity index (χ3n) is 3.51. The van der Waals surface area contributed by atoms with E-state index < -0.39 is 12.0 Å². The number of hydrogen-bond acceptors (Lipinski definition) is 7. The van der Waals surface area contributed by atoms with E-state index in [1.165, 1.54) is 35.3 Å². The molecule has 6 nitrogen and oxygen atoms in total. The van der Waals surface area contributed by atoms with Crippen molar-refractivity contribution in [3.63, 3.8) is 0 Å². The van der Waals surface area contributed by atoms with Crippen LogP contribution in [0.3, 0.4) is 0 Å². The highest BCUT2D eigenvalue weighted by molar-refractivity contribution is 8.14. The predicted octanol–water partition coefficient (Wildman–Crippen LogP) is 2.42. The minimum Gasteiger partial charge on any atom is -0.496 e. The molecule has 2 atom stereocenters. The van der Waals surface area contributed by atoms with Crippen LogP contribution in [0.4, 0.5) is 0 Å². The number of carbonyl (C=O) groups is 3. The molecule has 1 aromatic rings. The second kappa shape index (κ2) is 9.40. The van der Waals surface area contributed by atoms with Crippen molar-refractivity contribution in [2.45, 2.75) is 23.2 Å². The highest BCUT2D eigenvalue weighted by Crippen LogP contribution is 2.36. The van der Waals surface area contributed by atoms with Crippen LogP contribution in [-0.2, 0) is 14.4 Å². The second-order valence-corrected chi connectivity index (χ2v) is 8.61. The van der Waals surface area contributed by atoms with E-state index in [0.717, 1.165) is 22.4 Å². The van der Waals surface area contributed by atoms with Gasteiger partial charge in [-0.25, -0.2) is 4.79 Å². The number of carboxylic acids is 1. The molecule has 0 spiro atoms. The number of carboxylic acid groups (broad SMARTS) is 1. The molecule has 2 rings (SSSR count). The van der Waals surface area contributed by atoms with Gasteiger partial charge in [0, 0.05) is 23.3 Å². The van der Waals surface area contributed by atoms with Crippen molar-refractivity contribution in [2.75, 3.05) is 24.4 Å². The van der Waals surface area contributed by atoms with Crippen molar-refractivity contribution < 1.29 is 24.2 Å². The molecule has 1 fully saturated rings. The minimum atomic E-state index is -1.02. The Bertz CT molecular complexity index is 654. The Morgan fingerprint density at radius 1 is 1.36 bits per heavy atom. The zero-order valence-corrected chi connectivity index (χ0v) is 16.3. The number of hydrogen-bond donors (Lipinski definition) is 1. The lowest BCUT2D eigenvalue weighted by atomic mass is 10.3. The van der Waals surface area contributed by atoms with Crippen LogP contribution in [0.15, 0.2) is 29.2 Å². The van der Waals surface area contributed by atoms with Crippen molar-refractivity contribution in [3.8, 4) is 5.75 Å². The van der Waals surface area contributed by atoms with Crippen LogP contribution in [0.2, 0.25) is 0 Å². The zero-order valence-electron chi connectivity index (χ0n) is 13.8. The maximum absolute atomic E-state index is 12.5. The molecule has 0 aliphatic carbocycles. The summed E-state index contributed by atoms with van der Waals surface area (Å²) in [6.45, 7) is 1.39. The number of methoxy groups -OCH3 is 1. The molecule has 1 amide bonds. The van der Waals surface area contributed by atoms with Gasteiger partial charge in [-0.2, -0.15) is 0 Å². The Hall–Kier alpha value is -1.32. The minimum absolute atomic E-state index is 0.0322. The Balaban J connectivity index is 2.07. The Kier molecular flexibility index (Phi) is 7.52. The van der Waals surface area contributed by atoms with Gasteiger partial charge < -0.3 is 14.7 Å². The Labute approximate surface area is 159 Å². The summed E-state index contributed by atoms with van der Waals surface area (Å²) >= 11 is 3.88. The number of benzene rings is 1. The summed E-state index contributed by atoms with van der Waals surface area (Å²) < 4.78 is 5.32. The SMILES string of the molecule is COc1ccccc1SCC1SCC(C(=O)O)N1C(=O)CSC(C)=O. The van der Waals surface area contributed by atoms with Crippen LogP contribution in [0.1, 0.15) is 6.92 Å². The Morgan fingerprint density at radius 2 is 2.08 bits per heavy atom. The largest absolute Gasteiger partial charge is 0.496 e. The third-order valence-corrected chi connectivity index (χ3v) is 6.94. The number of thioether (sulfide) groups is 3. The van der Waals surface area contributed by atoms with Crippen molar-refractivity contribution in [3.05, 3.63) is 24.3 Å². The lowest BCUT2D eigenvalue weighted by Gasteiger charge is -2.27. The number of ether oxygens (including phenoxy) is 1. The lowest BCUT2D eigenvalue weighted by molar-refractivity contribution is -0.147. The monoisotopic (exact) mass is 401 g/mol. The van der Waals surface area contributed by atoms with E-state index in [-0.39, 0.29) is 22.1 Å². The molecule has 2 unspecified atom stereocenters. The molecule has 1 aliphatic rings. The fraction of sp³-hybridized carbons (Fsp3) is 0.438. The topological polar surface area (TPSA) is 83.9 Å². The van der Waals surface area contributed by atoms with Crippen LogP contribution in [0.5, 0.6) is 5.75 Å². The molecule has 1 aliphatic heterocycles. The number of rotatable bonds is 7. The molecule has 0 aromatic heterocycles. The van der Waals surface area contributed by atoms with E-state index in [1.54, 1.807) is 7.11 Å². The van der Waals surface area contributed by atoms with Crippen LogP contribution in [-0.4, -0.2) is 62.8 Å². The van der Waals surface area contributed by atoms with E-state index in [0.29, 0.717) is 11.5 Å². The summed E-state index contributed by atoms with van der Waals surface area (Å²) in [5, 5.41) is 8.97. The van der Waals surface area contributed by atoms with Crippen molar-refractivity contribution >= 4 is 52.3 Å². The first-order valence-corrected chi connectivity index (χ1v) is 10.5. The van der Waals surface area contributed by atoms with Crippen molar-refractivity contribution in [1.29, 1.82) is 0 Å². The average molecular weight is 402 g/mol. The molecule has 9 heteroatoms. The van der Waals surface area contributed by atoms with Gasteiger partial charge in [0.1, 0.15) is 11.8 Å². The normalized spacial score (nSPS) is 19.7. The van der Waals surface area contributed by atoms with Crippen LogP contribution >= 0.6 is 35.3 Å². The molecular weight excluding hydrogens is 382 g/mol. The first-order valence-electron chi connectivity index (χ1n) is 7.48. The maximum Gasteiger partial charge on any atom is 0.327 e. The maximum atomic E-state index is 12.5. The highest BCUT2D eigenvalue weighted by Gasteiger charge is 2.41. The standard InChI is InChI=1S/C16H19NO5S3/c1-10(18)23-8-14(19)17-11(16(20)21)7-25-15(17)9-24-13-6-4-3-5-12(13)22-2/h3-6,11,15H,7-9H2,1-2H3,(H,20,21). The first-order chi connectivity index (χ1) is 11.9. The fourth-order valence-corrected chi connectivity index (χ4v) is 5.50. The van der Waals surface area contributed by atoms with Gasteiger partial charge in [-0.15, -0.1) is 23.5 Å². The van der Waals surface area contributed by atoms with E-state index in [4.69, 9.17) is 4.74 Å². The quantitative estimate of drug-likeness (QED) is 0.698. The number of nitrogens with zero attached hydrogens (tertiary/aromatic N) is 1. The van der Waals surface area contributed by atoms with E-state index in [2.05, 4.69) is 0 Å². The summed E-state index contributed by atoms with van der Waals surface area (Å²) in [6, 6.07) is 6.71. The lowest BCUT2D eigenvalue weighted by Crippen LogP contribution is -2.47. The van der Waals surface area contributed by atoms with Crippen LogP contribution in [0.25, 0.3) is 0 Å². The van der Waals surface area contributed by atoms with Gasteiger partial charge >= 0.3 is 5.97 Å². The first kappa shape index (κ1) is 20.0. The van der Waals surface area contributed by atoms with Gasteiger partial charge in [0.2, 0.25) is 5.91 Å². The smallest absolute Gasteiger partial charge is 0.327 e. The van der Waals surface area contributed by atoms with Crippen molar-refractivity contribution in [1.82, 2.24) is 4.90 Å². The highest BCUT2D eigenvalue weighted by atomic mass is 32.2. The van der Waals surface area contributed by atoms with E-state index in [9.17, 15) is 19.5 Å². The molecular formula is C16H19NO5S3. The van der Waals surface area contributed by atoms with Gasteiger partial charge in [0.25, 0.3) is 0 Å². The molecule has 0 saturated carbocycles. The van der Waals surface area contributed by atoms with Gasteiger partial charge in [-0.05, 0) is 12.1 Å². The number of para-hydroxylation sites is 1. The predicted molar refractivity (Wildman–Crippen MR) is 101 cm³/mol. The summed E-state index contributed by atoms with van der Waals surface area (Å²) in [5.41, 5.74) is 0. The molecule has 1 N–H and O–H groups in total. The van der Waals surface area contributed by atoms with Gasteiger partial charge in [0.15, 0.2) is 5.12 Å². The van der Waals surface area contributed by atoms with Gasteiger partial charge in [0.05, 0.1) is 18.2 Å². The fourth-order valence-electron chi connectivity index (χ4n) is 2.35. The summed E-state index contributed by atoms with van der Waals surface area (Å²) in [6.07, 6.45) is 0. The van der Waals surface area contributed by atoms with Crippen molar-refractivity contribution in [2.24, 2.45) is 0 Å². The van der Waals surface area contributed by atoms with Gasteiger partial charge in [-0.3, -0.25) is 9.59 Å². The summed E-state index contributed by atoms with van der Waals surface area (Å²) in [5.74, 6) is 0.279. The summed E-state index contributed by atoms with van der Waals surface area (Å²) in [4.78, 5) is 37.4. The molecule has 0 bridgehead atoms. The van der Waals surface area contributed by atoms with E-state index in [1.807, 2.05) is 24.3 Å². The number of carbonyl (C=O) groups excluding carboxylic acids is 2. The van der Waals surface area contributed by atoms with Gasteiger partial charge in [-0.1, -0.05) is 23.9 Å². The molecule has 0 radical (unpaired) electrons.